The standard InChI is InChI=1S/C14H18FN5/c1-10(2)18-14-19-13(9-17-20-14)16-8-7-11-3-5-12(15)6-4-11/h3-6,9-10H,7-8H2,1-2H3,(H2,16,18,19,20). The minimum atomic E-state index is -0.217. The van der Waals surface area contributed by atoms with E-state index in [0.717, 1.165) is 12.0 Å². The highest BCUT2D eigenvalue weighted by molar-refractivity contribution is 5.37. The van der Waals surface area contributed by atoms with Gasteiger partial charge in [0.2, 0.25) is 5.95 Å². The highest BCUT2D eigenvalue weighted by atomic mass is 19.1. The van der Waals surface area contributed by atoms with Gasteiger partial charge in [0.15, 0.2) is 5.82 Å². The third kappa shape index (κ3) is 4.46. The number of hydrogen-bond acceptors (Lipinski definition) is 5. The maximum atomic E-state index is 12.8. The van der Waals surface area contributed by atoms with Crippen LogP contribution < -0.4 is 10.6 Å². The molecule has 0 saturated heterocycles. The zero-order valence-corrected chi connectivity index (χ0v) is 11.6. The summed E-state index contributed by atoms with van der Waals surface area (Å²) < 4.78 is 12.8. The molecular formula is C14H18FN5. The molecule has 2 N–H and O–H groups in total. The molecule has 0 spiro atoms. The molecule has 0 fully saturated rings. The Morgan fingerprint density at radius 1 is 1.20 bits per heavy atom. The molecule has 0 atom stereocenters. The van der Waals surface area contributed by atoms with Gasteiger partial charge in [-0.2, -0.15) is 10.1 Å². The summed E-state index contributed by atoms with van der Waals surface area (Å²) in [6, 6.07) is 6.74. The Labute approximate surface area is 117 Å². The van der Waals surface area contributed by atoms with Crippen molar-refractivity contribution < 1.29 is 4.39 Å². The third-order valence-electron chi connectivity index (χ3n) is 2.61. The van der Waals surface area contributed by atoms with Gasteiger partial charge in [-0.3, -0.25) is 0 Å². The van der Waals surface area contributed by atoms with Crippen LogP contribution in [0.25, 0.3) is 0 Å². The van der Waals surface area contributed by atoms with E-state index in [1.54, 1.807) is 18.3 Å². The van der Waals surface area contributed by atoms with Crippen molar-refractivity contribution >= 4 is 11.8 Å². The maximum Gasteiger partial charge on any atom is 0.244 e. The number of halogens is 1. The van der Waals surface area contributed by atoms with Crippen LogP contribution in [0.1, 0.15) is 19.4 Å². The second-order valence-corrected chi connectivity index (χ2v) is 4.77. The number of rotatable bonds is 6. The molecule has 0 bridgehead atoms. The lowest BCUT2D eigenvalue weighted by molar-refractivity contribution is 0.627. The fraction of sp³-hybridized carbons (Fsp3) is 0.357. The molecule has 0 aliphatic rings. The van der Waals surface area contributed by atoms with E-state index in [-0.39, 0.29) is 11.9 Å². The van der Waals surface area contributed by atoms with Crippen molar-refractivity contribution in [2.45, 2.75) is 26.3 Å². The summed E-state index contributed by atoms with van der Waals surface area (Å²) in [6.07, 6.45) is 2.37. The summed E-state index contributed by atoms with van der Waals surface area (Å²) in [4.78, 5) is 4.30. The fourth-order valence-corrected chi connectivity index (χ4v) is 1.69. The van der Waals surface area contributed by atoms with E-state index < -0.39 is 0 Å². The lowest BCUT2D eigenvalue weighted by Gasteiger charge is -2.09. The van der Waals surface area contributed by atoms with E-state index in [0.29, 0.717) is 18.3 Å². The van der Waals surface area contributed by atoms with Crippen molar-refractivity contribution in [2.24, 2.45) is 0 Å². The smallest absolute Gasteiger partial charge is 0.244 e. The molecule has 0 unspecified atom stereocenters. The van der Waals surface area contributed by atoms with Crippen LogP contribution in [-0.2, 0) is 6.42 Å². The first-order valence-electron chi connectivity index (χ1n) is 6.58. The van der Waals surface area contributed by atoms with Gasteiger partial charge in [0, 0.05) is 12.6 Å². The van der Waals surface area contributed by atoms with Gasteiger partial charge in [-0.25, -0.2) is 4.39 Å². The van der Waals surface area contributed by atoms with Crippen molar-refractivity contribution in [3.8, 4) is 0 Å². The Bertz CT molecular complexity index is 542. The van der Waals surface area contributed by atoms with Crippen LogP contribution >= 0.6 is 0 Å². The molecule has 2 rings (SSSR count). The molecule has 1 aromatic carbocycles. The molecule has 0 aliphatic carbocycles. The van der Waals surface area contributed by atoms with E-state index in [9.17, 15) is 4.39 Å². The van der Waals surface area contributed by atoms with Gasteiger partial charge >= 0.3 is 0 Å². The van der Waals surface area contributed by atoms with Crippen LogP contribution in [0.3, 0.4) is 0 Å². The average molecular weight is 275 g/mol. The van der Waals surface area contributed by atoms with E-state index in [4.69, 9.17) is 0 Å². The van der Waals surface area contributed by atoms with Crippen LogP contribution in [-0.4, -0.2) is 27.8 Å². The summed E-state index contributed by atoms with van der Waals surface area (Å²) in [5, 5.41) is 14.1. The number of aromatic nitrogens is 3. The van der Waals surface area contributed by atoms with Crippen LogP contribution in [0.2, 0.25) is 0 Å². The molecule has 106 valence electrons. The maximum absolute atomic E-state index is 12.8. The first kappa shape index (κ1) is 14.2. The Morgan fingerprint density at radius 2 is 1.95 bits per heavy atom. The second kappa shape index (κ2) is 6.79. The molecule has 20 heavy (non-hydrogen) atoms. The molecule has 0 aliphatic heterocycles. The topological polar surface area (TPSA) is 62.7 Å². The van der Waals surface area contributed by atoms with E-state index in [1.807, 2.05) is 13.8 Å². The normalized spacial score (nSPS) is 10.6. The van der Waals surface area contributed by atoms with Gasteiger partial charge in [-0.15, -0.1) is 5.10 Å². The van der Waals surface area contributed by atoms with Gasteiger partial charge in [0.1, 0.15) is 5.82 Å². The molecule has 1 aromatic heterocycles. The minimum absolute atomic E-state index is 0.217. The van der Waals surface area contributed by atoms with Gasteiger partial charge in [0.25, 0.3) is 0 Å². The predicted molar refractivity (Wildman–Crippen MR) is 77.2 cm³/mol. The number of hydrogen-bond donors (Lipinski definition) is 2. The molecule has 0 radical (unpaired) electrons. The Morgan fingerprint density at radius 3 is 2.65 bits per heavy atom. The van der Waals surface area contributed by atoms with Crippen LogP contribution in [0.5, 0.6) is 0 Å². The van der Waals surface area contributed by atoms with E-state index in [1.165, 1.54) is 12.1 Å². The average Bonchev–Trinajstić information content (AvgIpc) is 2.41. The summed E-state index contributed by atoms with van der Waals surface area (Å²) in [7, 11) is 0. The number of nitrogens with zero attached hydrogens (tertiary/aromatic N) is 3. The van der Waals surface area contributed by atoms with Crippen molar-refractivity contribution in [3.05, 3.63) is 41.8 Å². The van der Waals surface area contributed by atoms with Crippen LogP contribution in [0, 0.1) is 5.82 Å². The summed E-state index contributed by atoms with van der Waals surface area (Å²) in [6.45, 7) is 4.72. The lowest BCUT2D eigenvalue weighted by Crippen LogP contribution is -2.14. The molecule has 6 heteroatoms. The first-order valence-corrected chi connectivity index (χ1v) is 6.58. The molecule has 0 saturated carbocycles. The summed E-state index contributed by atoms with van der Waals surface area (Å²) >= 11 is 0. The molecule has 0 amide bonds. The van der Waals surface area contributed by atoms with Gasteiger partial charge < -0.3 is 10.6 Å². The van der Waals surface area contributed by atoms with Crippen molar-refractivity contribution in [3.63, 3.8) is 0 Å². The minimum Gasteiger partial charge on any atom is -0.368 e. The van der Waals surface area contributed by atoms with Gasteiger partial charge in [0.05, 0.1) is 6.20 Å². The van der Waals surface area contributed by atoms with Crippen molar-refractivity contribution in [2.75, 3.05) is 17.2 Å². The van der Waals surface area contributed by atoms with Crippen LogP contribution in [0.4, 0.5) is 16.2 Å². The number of benzene rings is 1. The molecule has 5 nitrogen and oxygen atoms in total. The van der Waals surface area contributed by atoms with Crippen molar-refractivity contribution in [1.29, 1.82) is 0 Å². The zero-order valence-electron chi connectivity index (χ0n) is 11.6. The van der Waals surface area contributed by atoms with Gasteiger partial charge in [-0.1, -0.05) is 12.1 Å². The Balaban J connectivity index is 1.86. The Hall–Kier alpha value is -2.24. The second-order valence-electron chi connectivity index (χ2n) is 4.77. The van der Waals surface area contributed by atoms with Gasteiger partial charge in [-0.05, 0) is 38.0 Å². The number of anilines is 2. The largest absolute Gasteiger partial charge is 0.368 e. The quantitative estimate of drug-likeness (QED) is 0.848. The van der Waals surface area contributed by atoms with E-state index >= 15 is 0 Å². The van der Waals surface area contributed by atoms with Crippen LogP contribution in [0.15, 0.2) is 30.5 Å². The van der Waals surface area contributed by atoms with Crippen molar-refractivity contribution in [1.82, 2.24) is 15.2 Å². The zero-order chi connectivity index (χ0) is 14.4. The van der Waals surface area contributed by atoms with E-state index in [2.05, 4.69) is 25.8 Å². The molecule has 1 heterocycles. The lowest BCUT2D eigenvalue weighted by atomic mass is 10.1. The monoisotopic (exact) mass is 275 g/mol. The summed E-state index contributed by atoms with van der Waals surface area (Å²) in [5.41, 5.74) is 1.07. The molecular weight excluding hydrogens is 257 g/mol. The number of nitrogens with one attached hydrogen (secondary N) is 2. The molecule has 2 aromatic rings. The fourth-order valence-electron chi connectivity index (χ4n) is 1.69. The highest BCUT2D eigenvalue weighted by Gasteiger charge is 2.01. The highest BCUT2D eigenvalue weighted by Crippen LogP contribution is 2.07. The Kier molecular flexibility index (Phi) is 4.81. The first-order chi connectivity index (χ1) is 9.63. The SMILES string of the molecule is CC(C)Nc1nncc(NCCc2ccc(F)cc2)n1. The summed E-state index contributed by atoms with van der Waals surface area (Å²) in [5.74, 6) is 0.961. The third-order valence-corrected chi connectivity index (χ3v) is 2.61. The predicted octanol–water partition coefficient (Wildman–Crippen LogP) is 2.49.